The molecule has 0 saturated heterocycles. The Bertz CT molecular complexity index is 161. The van der Waals surface area contributed by atoms with Crippen LogP contribution in [0.3, 0.4) is 0 Å². The van der Waals surface area contributed by atoms with E-state index in [0.29, 0.717) is 0 Å². The van der Waals surface area contributed by atoms with Gasteiger partial charge in [0.1, 0.15) is 0 Å². The minimum Gasteiger partial charge on any atom is -0.625 e. The van der Waals surface area contributed by atoms with Crippen molar-refractivity contribution in [3.8, 4) is 0 Å². The van der Waals surface area contributed by atoms with Crippen LogP contribution in [0.2, 0.25) is 0 Å². The fraction of sp³-hybridized carbons (Fsp3) is 0.375. The highest BCUT2D eigenvalue weighted by Crippen LogP contribution is 1.96. The predicted molar refractivity (Wildman–Crippen MR) is 47.2 cm³/mol. The Morgan fingerprint density at radius 3 is 3.00 bits per heavy atom. The molecule has 2 N–H and O–H groups in total. The Balaban J connectivity index is 3.51. The van der Waals surface area contributed by atoms with Gasteiger partial charge >= 0.3 is 0 Å². The van der Waals surface area contributed by atoms with Crippen molar-refractivity contribution in [1.29, 1.82) is 0 Å². The molecule has 3 nitrogen and oxygen atoms in total. The zero-order valence-electron chi connectivity index (χ0n) is 6.76. The minimum absolute atomic E-state index is 0.902. The smallest absolute Gasteiger partial charge is 0.172 e. The Kier molecular flexibility index (Phi) is 6.33. The van der Waals surface area contributed by atoms with Crippen LogP contribution in [-0.2, 0) is 0 Å². The molecule has 11 heavy (non-hydrogen) atoms. The molecular weight excluding hydrogens is 140 g/mol. The van der Waals surface area contributed by atoms with Crippen LogP contribution < -0.4 is 10.5 Å². The lowest BCUT2D eigenvalue weighted by Gasteiger charge is -1.96. The van der Waals surface area contributed by atoms with Crippen molar-refractivity contribution in [2.24, 2.45) is 0 Å². The average molecular weight is 154 g/mol. The number of nitrogens with one attached hydrogen (secondary N) is 2. The van der Waals surface area contributed by atoms with Crippen LogP contribution in [0.15, 0.2) is 24.3 Å². The molecule has 0 bridgehead atoms. The summed E-state index contributed by atoms with van der Waals surface area (Å²) in [5.74, 6) is 0. The molecule has 0 rings (SSSR count). The first-order valence-electron chi connectivity index (χ1n) is 3.51. The van der Waals surface area contributed by atoms with Crippen molar-refractivity contribution in [2.45, 2.75) is 6.42 Å². The van der Waals surface area contributed by atoms with Gasteiger partial charge in [-0.1, -0.05) is 18.2 Å². The van der Waals surface area contributed by atoms with Gasteiger partial charge in [-0.25, -0.2) is 5.16 Å². The molecule has 0 radical (unpaired) electrons. The van der Waals surface area contributed by atoms with Crippen molar-refractivity contribution in [1.82, 2.24) is 5.32 Å². The molecule has 0 aromatic carbocycles. The highest BCUT2D eigenvalue weighted by Gasteiger charge is 1.85. The van der Waals surface area contributed by atoms with E-state index in [4.69, 9.17) is 0 Å². The monoisotopic (exact) mass is 154 g/mol. The van der Waals surface area contributed by atoms with Gasteiger partial charge < -0.3 is 10.5 Å². The maximum atomic E-state index is 9.73. The van der Waals surface area contributed by atoms with E-state index in [1.165, 1.54) is 6.21 Å². The molecule has 62 valence electrons. The first kappa shape index (κ1) is 9.91. The molecule has 0 unspecified atom stereocenters. The molecule has 0 aromatic heterocycles. The minimum atomic E-state index is 0.902. The van der Waals surface area contributed by atoms with E-state index in [-0.39, 0.29) is 0 Å². The van der Waals surface area contributed by atoms with Gasteiger partial charge in [-0.2, -0.15) is 0 Å². The Morgan fingerprint density at radius 2 is 2.45 bits per heavy atom. The molecule has 0 atom stereocenters. The number of rotatable bonds is 5. The topological polar surface area (TPSA) is 49.1 Å². The van der Waals surface area contributed by atoms with Crippen LogP contribution in [0.5, 0.6) is 0 Å². The van der Waals surface area contributed by atoms with E-state index in [9.17, 15) is 5.21 Å². The molecule has 0 amide bonds. The number of hydrogen-bond acceptors (Lipinski definition) is 2. The van der Waals surface area contributed by atoms with Gasteiger partial charge in [-0.3, -0.25) is 0 Å². The zero-order chi connectivity index (χ0) is 8.53. The van der Waals surface area contributed by atoms with Crippen LogP contribution in [0.25, 0.3) is 0 Å². The lowest BCUT2D eigenvalue weighted by Crippen LogP contribution is -2.59. The predicted octanol–water partition coefficient (Wildman–Crippen LogP) is -0.642. The van der Waals surface area contributed by atoms with E-state index >= 15 is 0 Å². The van der Waals surface area contributed by atoms with E-state index in [1.807, 2.05) is 13.1 Å². The molecule has 0 aliphatic carbocycles. The summed E-state index contributed by atoms with van der Waals surface area (Å²) in [5.41, 5.74) is 1.01. The van der Waals surface area contributed by atoms with Crippen molar-refractivity contribution < 1.29 is 5.16 Å². The summed E-state index contributed by atoms with van der Waals surface area (Å²) < 4.78 is 0. The molecule has 3 heteroatoms. The SMILES string of the molecule is C=C(/C=C\C=[NH+]\[O-])CCNC. The average Bonchev–Trinajstić information content (AvgIpc) is 2.01. The fourth-order valence-electron chi connectivity index (χ4n) is 0.592. The fourth-order valence-corrected chi connectivity index (χ4v) is 0.592. The highest BCUT2D eigenvalue weighted by molar-refractivity contribution is 5.66. The van der Waals surface area contributed by atoms with Crippen molar-refractivity contribution >= 4 is 6.21 Å². The Morgan fingerprint density at radius 1 is 1.73 bits per heavy atom. The third-order valence-electron chi connectivity index (χ3n) is 1.19. The molecular formula is C8H14N2O. The van der Waals surface area contributed by atoms with Crippen molar-refractivity contribution in [2.75, 3.05) is 13.6 Å². The molecule has 0 aliphatic heterocycles. The molecule has 0 spiro atoms. The second-order valence-electron chi connectivity index (χ2n) is 2.16. The largest absolute Gasteiger partial charge is 0.625 e. The van der Waals surface area contributed by atoms with Gasteiger partial charge in [-0.15, -0.1) is 0 Å². The lowest BCUT2D eigenvalue weighted by molar-refractivity contribution is -0.366. The second kappa shape index (κ2) is 7.02. The van der Waals surface area contributed by atoms with Gasteiger partial charge in [0.2, 0.25) is 0 Å². The van der Waals surface area contributed by atoms with Gasteiger partial charge in [-0.05, 0) is 20.0 Å². The van der Waals surface area contributed by atoms with Crippen LogP contribution >= 0.6 is 0 Å². The highest BCUT2D eigenvalue weighted by atomic mass is 16.4. The summed E-state index contributed by atoms with van der Waals surface area (Å²) in [4.78, 5) is 0. The maximum absolute atomic E-state index is 9.73. The molecule has 0 saturated carbocycles. The van der Waals surface area contributed by atoms with E-state index in [0.717, 1.165) is 18.5 Å². The number of hydrogen-bond donors (Lipinski definition) is 2. The van der Waals surface area contributed by atoms with Gasteiger partial charge in [0.25, 0.3) is 0 Å². The van der Waals surface area contributed by atoms with E-state index in [1.54, 1.807) is 11.2 Å². The summed E-state index contributed by atoms with van der Waals surface area (Å²) >= 11 is 0. The molecule has 0 aliphatic rings. The Hall–Kier alpha value is -1.09. The summed E-state index contributed by atoms with van der Waals surface area (Å²) in [6, 6.07) is 0. The van der Waals surface area contributed by atoms with Crippen LogP contribution in [0, 0.1) is 5.21 Å². The standard InChI is InChI=1S/C8H14N2O/c1-8(5-7-9-2)4-3-6-10-11/h3-4,6,9-10H,1,5,7H2,2H3/b4-3-,10-6+. The van der Waals surface area contributed by atoms with Gasteiger partial charge in [0.15, 0.2) is 6.21 Å². The van der Waals surface area contributed by atoms with E-state index < -0.39 is 0 Å². The molecule has 0 fully saturated rings. The summed E-state index contributed by atoms with van der Waals surface area (Å²) in [6.07, 6.45) is 5.68. The van der Waals surface area contributed by atoms with Crippen LogP contribution in [-0.4, -0.2) is 19.8 Å². The normalized spacial score (nSPS) is 11.4. The summed E-state index contributed by atoms with van der Waals surface area (Å²) in [5, 5.41) is 14.4. The second-order valence-corrected chi connectivity index (χ2v) is 2.16. The van der Waals surface area contributed by atoms with E-state index in [2.05, 4.69) is 11.9 Å². The molecule has 0 aromatic rings. The summed E-state index contributed by atoms with van der Waals surface area (Å²) in [7, 11) is 1.89. The van der Waals surface area contributed by atoms with Gasteiger partial charge in [0.05, 0.1) is 0 Å². The third kappa shape index (κ3) is 6.80. The van der Waals surface area contributed by atoms with Crippen LogP contribution in [0.1, 0.15) is 6.42 Å². The quantitative estimate of drug-likeness (QED) is 0.239. The third-order valence-corrected chi connectivity index (χ3v) is 1.19. The van der Waals surface area contributed by atoms with Crippen molar-refractivity contribution in [3.05, 3.63) is 29.5 Å². The van der Waals surface area contributed by atoms with Gasteiger partial charge in [0, 0.05) is 6.08 Å². The first-order valence-corrected chi connectivity index (χ1v) is 3.51. The summed E-state index contributed by atoms with van der Waals surface area (Å²) in [6.45, 7) is 4.70. The maximum Gasteiger partial charge on any atom is 0.172 e. The zero-order valence-corrected chi connectivity index (χ0v) is 6.76. The lowest BCUT2D eigenvalue weighted by atomic mass is 10.2. The molecule has 0 heterocycles. The van der Waals surface area contributed by atoms with Crippen LogP contribution in [0.4, 0.5) is 0 Å². The number of allylic oxidation sites excluding steroid dienone is 2. The van der Waals surface area contributed by atoms with Crippen molar-refractivity contribution in [3.63, 3.8) is 0 Å². The first-order chi connectivity index (χ1) is 5.31. The Labute approximate surface area is 67.1 Å².